The molecule has 0 N–H and O–H groups in total. The minimum absolute atomic E-state index is 0.0566. The predicted octanol–water partition coefficient (Wildman–Crippen LogP) is 1.86. The summed E-state index contributed by atoms with van der Waals surface area (Å²) in [6.45, 7) is 4.77. The number of carbonyl (C=O) groups is 4. The lowest BCUT2D eigenvalue weighted by molar-refractivity contribution is -0.155. The number of nitrogens with zero attached hydrogens (tertiary/aromatic N) is 2. The molecule has 3 rings (SSSR count). The number of fused-ring (bicyclic) bond motifs is 1. The summed E-state index contributed by atoms with van der Waals surface area (Å²) in [4.78, 5) is 52.9. The molecular weight excluding hydrogens is 348 g/mol. The van der Waals surface area contributed by atoms with Crippen LogP contribution < -0.4 is 0 Å². The van der Waals surface area contributed by atoms with E-state index in [1.807, 2.05) is 13.8 Å². The highest BCUT2D eigenvalue weighted by Gasteiger charge is 2.43. The van der Waals surface area contributed by atoms with Crippen molar-refractivity contribution in [3.8, 4) is 0 Å². The summed E-state index contributed by atoms with van der Waals surface area (Å²) < 4.78 is 5.21. The van der Waals surface area contributed by atoms with Crippen molar-refractivity contribution >= 4 is 23.7 Å². The van der Waals surface area contributed by atoms with E-state index in [1.165, 1.54) is 0 Å². The largest absolute Gasteiger partial charge is 0.454 e. The monoisotopic (exact) mass is 372 g/mol. The molecule has 7 heteroatoms. The van der Waals surface area contributed by atoms with Crippen molar-refractivity contribution in [3.05, 3.63) is 35.4 Å². The van der Waals surface area contributed by atoms with E-state index in [-0.39, 0.29) is 36.0 Å². The third kappa shape index (κ3) is 3.86. The van der Waals surface area contributed by atoms with Crippen molar-refractivity contribution in [2.75, 3.05) is 19.7 Å². The number of imide groups is 1. The Labute approximate surface area is 158 Å². The Balaban J connectivity index is 1.74. The zero-order valence-electron chi connectivity index (χ0n) is 15.6. The molecule has 2 aliphatic rings. The molecule has 0 saturated carbocycles. The van der Waals surface area contributed by atoms with Crippen molar-refractivity contribution in [2.24, 2.45) is 5.92 Å². The maximum Gasteiger partial charge on any atom is 0.329 e. The summed E-state index contributed by atoms with van der Waals surface area (Å²) in [5.41, 5.74) is 0.578. The summed E-state index contributed by atoms with van der Waals surface area (Å²) in [7, 11) is 0. The van der Waals surface area contributed by atoms with E-state index in [9.17, 15) is 19.2 Å². The topological polar surface area (TPSA) is 84.0 Å². The van der Waals surface area contributed by atoms with Gasteiger partial charge in [0.15, 0.2) is 6.61 Å². The maximum atomic E-state index is 12.7. The fraction of sp³-hybridized carbons (Fsp3) is 0.500. The van der Waals surface area contributed by atoms with Crippen LogP contribution in [0.5, 0.6) is 0 Å². The normalized spacial score (nSPS) is 17.4. The Morgan fingerprint density at radius 3 is 2.11 bits per heavy atom. The first-order valence-electron chi connectivity index (χ1n) is 9.31. The first-order chi connectivity index (χ1) is 12.9. The van der Waals surface area contributed by atoms with Gasteiger partial charge in [-0.3, -0.25) is 19.3 Å². The van der Waals surface area contributed by atoms with Gasteiger partial charge in [-0.05, 0) is 37.3 Å². The number of carbonyl (C=O) groups excluding carboxylic acids is 4. The fourth-order valence-electron chi connectivity index (χ4n) is 3.53. The van der Waals surface area contributed by atoms with Crippen molar-refractivity contribution in [3.63, 3.8) is 0 Å². The van der Waals surface area contributed by atoms with Crippen molar-refractivity contribution in [1.82, 2.24) is 9.80 Å². The highest BCUT2D eigenvalue weighted by Crippen LogP contribution is 2.27. The number of esters is 1. The SMILES string of the molecule is CC(C)C[C@@H](C(=O)OCC(=O)N1CCCC1)N1C(=O)c2ccccc2C1=O. The first-order valence-corrected chi connectivity index (χ1v) is 9.31. The summed E-state index contributed by atoms with van der Waals surface area (Å²) >= 11 is 0. The number of likely N-dealkylation sites (tertiary alicyclic amines) is 1. The maximum absolute atomic E-state index is 12.7. The zero-order valence-corrected chi connectivity index (χ0v) is 15.6. The molecule has 0 spiro atoms. The van der Waals surface area contributed by atoms with Gasteiger partial charge < -0.3 is 9.64 Å². The van der Waals surface area contributed by atoms with Gasteiger partial charge in [0.2, 0.25) is 0 Å². The highest BCUT2D eigenvalue weighted by molar-refractivity contribution is 6.22. The van der Waals surface area contributed by atoms with E-state index in [0.717, 1.165) is 17.7 Å². The summed E-state index contributed by atoms with van der Waals surface area (Å²) in [6, 6.07) is 5.47. The van der Waals surface area contributed by atoms with Crippen molar-refractivity contribution in [1.29, 1.82) is 0 Å². The number of ether oxygens (including phenoxy) is 1. The Bertz CT molecular complexity index is 732. The molecule has 3 amide bonds. The molecule has 1 saturated heterocycles. The van der Waals surface area contributed by atoms with Gasteiger partial charge in [-0.15, -0.1) is 0 Å². The lowest BCUT2D eigenvalue weighted by Crippen LogP contribution is -2.47. The van der Waals surface area contributed by atoms with Gasteiger partial charge >= 0.3 is 5.97 Å². The van der Waals surface area contributed by atoms with Gasteiger partial charge in [-0.1, -0.05) is 26.0 Å². The van der Waals surface area contributed by atoms with Crippen molar-refractivity contribution in [2.45, 2.75) is 39.2 Å². The molecule has 2 heterocycles. The minimum atomic E-state index is -1.04. The second-order valence-corrected chi connectivity index (χ2v) is 7.37. The van der Waals surface area contributed by atoms with Gasteiger partial charge in [0.25, 0.3) is 17.7 Å². The number of rotatable bonds is 6. The van der Waals surface area contributed by atoms with Crippen LogP contribution in [-0.2, 0) is 14.3 Å². The molecule has 27 heavy (non-hydrogen) atoms. The van der Waals surface area contributed by atoms with Gasteiger partial charge in [0, 0.05) is 13.1 Å². The summed E-state index contributed by atoms with van der Waals surface area (Å²) in [5, 5.41) is 0. The van der Waals surface area contributed by atoms with Crippen LogP contribution in [0.2, 0.25) is 0 Å². The molecule has 0 bridgehead atoms. The van der Waals surface area contributed by atoms with Crippen LogP contribution in [0.25, 0.3) is 0 Å². The van der Waals surface area contributed by atoms with Crippen LogP contribution in [-0.4, -0.2) is 59.2 Å². The Morgan fingerprint density at radius 1 is 1.04 bits per heavy atom. The molecule has 7 nitrogen and oxygen atoms in total. The molecule has 1 aromatic rings. The molecular formula is C20H24N2O5. The first kappa shape index (κ1) is 19.1. The number of hydrogen-bond acceptors (Lipinski definition) is 5. The third-order valence-electron chi connectivity index (χ3n) is 4.90. The number of hydrogen-bond donors (Lipinski definition) is 0. The molecule has 0 radical (unpaired) electrons. The van der Waals surface area contributed by atoms with E-state index in [4.69, 9.17) is 4.74 Å². The molecule has 144 valence electrons. The minimum Gasteiger partial charge on any atom is -0.454 e. The quantitative estimate of drug-likeness (QED) is 0.562. The van der Waals surface area contributed by atoms with Crippen LogP contribution >= 0.6 is 0 Å². The lowest BCUT2D eigenvalue weighted by atomic mass is 10.0. The fourth-order valence-corrected chi connectivity index (χ4v) is 3.53. The number of benzene rings is 1. The van der Waals surface area contributed by atoms with Crippen LogP contribution in [0.15, 0.2) is 24.3 Å². The van der Waals surface area contributed by atoms with E-state index in [1.54, 1.807) is 29.2 Å². The molecule has 0 unspecified atom stereocenters. The van der Waals surface area contributed by atoms with Crippen LogP contribution in [0.3, 0.4) is 0 Å². The van der Waals surface area contributed by atoms with E-state index in [2.05, 4.69) is 0 Å². The second kappa shape index (κ2) is 7.90. The Morgan fingerprint density at radius 2 is 1.59 bits per heavy atom. The van der Waals surface area contributed by atoms with E-state index in [0.29, 0.717) is 13.1 Å². The molecule has 0 aromatic heterocycles. The van der Waals surface area contributed by atoms with E-state index < -0.39 is 23.8 Å². The number of amides is 3. The van der Waals surface area contributed by atoms with Crippen LogP contribution in [0.1, 0.15) is 53.8 Å². The lowest BCUT2D eigenvalue weighted by Gasteiger charge is -2.26. The molecule has 1 aromatic carbocycles. The van der Waals surface area contributed by atoms with Gasteiger partial charge in [0.1, 0.15) is 6.04 Å². The average Bonchev–Trinajstić information content (AvgIpc) is 3.26. The summed E-state index contributed by atoms with van der Waals surface area (Å²) in [5.74, 6) is -1.90. The second-order valence-electron chi connectivity index (χ2n) is 7.37. The smallest absolute Gasteiger partial charge is 0.329 e. The van der Waals surface area contributed by atoms with Gasteiger partial charge in [-0.25, -0.2) is 4.79 Å². The average molecular weight is 372 g/mol. The Hall–Kier alpha value is -2.70. The van der Waals surface area contributed by atoms with Crippen LogP contribution in [0.4, 0.5) is 0 Å². The molecule has 1 fully saturated rings. The third-order valence-corrected chi connectivity index (χ3v) is 4.90. The molecule has 0 aliphatic carbocycles. The molecule has 1 atom stereocenters. The molecule has 2 aliphatic heterocycles. The van der Waals surface area contributed by atoms with Gasteiger partial charge in [-0.2, -0.15) is 0 Å². The predicted molar refractivity (Wildman–Crippen MR) is 97.0 cm³/mol. The highest BCUT2D eigenvalue weighted by atomic mass is 16.5. The summed E-state index contributed by atoms with van der Waals surface area (Å²) in [6.07, 6.45) is 2.18. The zero-order chi connectivity index (χ0) is 19.6. The Kier molecular flexibility index (Phi) is 5.58. The standard InChI is InChI=1S/C20H24N2O5/c1-13(2)11-16(20(26)27-12-17(23)21-9-5-6-10-21)22-18(24)14-7-3-4-8-15(14)19(22)25/h3-4,7-8,13,16H,5-6,9-12H2,1-2H3/t16-/m0/s1. The van der Waals surface area contributed by atoms with Gasteiger partial charge in [0.05, 0.1) is 11.1 Å². The van der Waals surface area contributed by atoms with E-state index >= 15 is 0 Å². The van der Waals surface area contributed by atoms with Crippen LogP contribution in [0, 0.1) is 5.92 Å². The van der Waals surface area contributed by atoms with Crippen molar-refractivity contribution < 1.29 is 23.9 Å².